The monoisotopic (exact) mass is 277 g/mol. The van der Waals surface area contributed by atoms with E-state index in [2.05, 4.69) is 5.32 Å². The molecule has 0 aliphatic rings. The van der Waals surface area contributed by atoms with Crippen LogP contribution in [-0.2, 0) is 14.8 Å². The largest absolute Gasteiger partial charge is 0.330 e. The summed E-state index contributed by atoms with van der Waals surface area (Å²) in [4.78, 5) is 11.2. The highest BCUT2D eigenvalue weighted by Crippen LogP contribution is 2.24. The highest BCUT2D eigenvalue weighted by atomic mass is 35.5. The molecular formula is C9H12ClN3O3S. The van der Waals surface area contributed by atoms with Crippen molar-refractivity contribution in [2.45, 2.75) is 11.3 Å². The van der Waals surface area contributed by atoms with Crippen molar-refractivity contribution in [2.75, 3.05) is 11.9 Å². The molecule has 1 rings (SSSR count). The van der Waals surface area contributed by atoms with E-state index >= 15 is 0 Å². The smallest absolute Gasteiger partial charge is 0.238 e. The van der Waals surface area contributed by atoms with Crippen LogP contribution in [0.3, 0.4) is 0 Å². The number of hydrogen-bond acceptors (Lipinski definition) is 4. The number of benzene rings is 1. The number of sulfonamides is 1. The maximum absolute atomic E-state index is 11.3. The molecule has 6 nitrogen and oxygen atoms in total. The molecule has 0 heterocycles. The summed E-state index contributed by atoms with van der Waals surface area (Å²) in [6, 6.07) is 3.81. The average molecular weight is 278 g/mol. The second kappa shape index (κ2) is 5.46. The molecule has 94 valence electrons. The third kappa shape index (κ3) is 3.97. The fraction of sp³-hybridized carbons (Fsp3) is 0.222. The van der Waals surface area contributed by atoms with Crippen molar-refractivity contribution in [1.29, 1.82) is 0 Å². The van der Waals surface area contributed by atoms with Crippen molar-refractivity contribution in [2.24, 2.45) is 10.9 Å². The number of anilines is 1. The van der Waals surface area contributed by atoms with Crippen LogP contribution >= 0.6 is 11.6 Å². The maximum Gasteiger partial charge on any atom is 0.238 e. The van der Waals surface area contributed by atoms with Crippen LogP contribution in [0.15, 0.2) is 23.1 Å². The van der Waals surface area contributed by atoms with Gasteiger partial charge < -0.3 is 11.1 Å². The molecule has 0 spiro atoms. The molecule has 8 heteroatoms. The molecule has 0 bridgehead atoms. The Hall–Kier alpha value is -1.15. The van der Waals surface area contributed by atoms with Crippen LogP contribution in [0.2, 0.25) is 5.02 Å². The van der Waals surface area contributed by atoms with Gasteiger partial charge >= 0.3 is 0 Å². The Labute approximate surface area is 104 Å². The summed E-state index contributed by atoms with van der Waals surface area (Å²) >= 11 is 5.81. The van der Waals surface area contributed by atoms with Gasteiger partial charge in [-0.2, -0.15) is 0 Å². The molecule has 0 saturated carbocycles. The summed E-state index contributed by atoms with van der Waals surface area (Å²) in [6.45, 7) is 0.193. The van der Waals surface area contributed by atoms with Gasteiger partial charge in [0.05, 0.1) is 15.6 Å². The van der Waals surface area contributed by atoms with Crippen molar-refractivity contribution in [3.05, 3.63) is 23.2 Å². The van der Waals surface area contributed by atoms with E-state index in [1.54, 1.807) is 0 Å². The van der Waals surface area contributed by atoms with E-state index in [1.807, 2.05) is 0 Å². The van der Waals surface area contributed by atoms with E-state index in [0.29, 0.717) is 0 Å². The molecule has 0 atom stereocenters. The summed E-state index contributed by atoms with van der Waals surface area (Å²) in [7, 11) is -3.82. The first-order chi connectivity index (χ1) is 7.84. The summed E-state index contributed by atoms with van der Waals surface area (Å²) in [5.74, 6) is -0.346. The zero-order valence-electron chi connectivity index (χ0n) is 8.81. The normalized spacial score (nSPS) is 11.2. The summed E-state index contributed by atoms with van der Waals surface area (Å²) in [5.41, 5.74) is 5.40. The predicted molar refractivity (Wildman–Crippen MR) is 65.1 cm³/mol. The molecular weight excluding hydrogens is 266 g/mol. The molecule has 5 N–H and O–H groups in total. The Morgan fingerprint density at radius 1 is 1.41 bits per heavy atom. The van der Waals surface area contributed by atoms with Gasteiger partial charge in [-0.25, -0.2) is 13.6 Å². The van der Waals surface area contributed by atoms with Gasteiger partial charge in [0.2, 0.25) is 15.9 Å². The number of primary sulfonamides is 1. The minimum atomic E-state index is -3.82. The van der Waals surface area contributed by atoms with Crippen LogP contribution in [0.5, 0.6) is 0 Å². The number of halogens is 1. The van der Waals surface area contributed by atoms with E-state index in [0.717, 1.165) is 0 Å². The summed E-state index contributed by atoms with van der Waals surface area (Å²) < 4.78 is 22.2. The molecule has 1 aromatic rings. The summed E-state index contributed by atoms with van der Waals surface area (Å²) in [6.07, 6.45) is 0.121. The van der Waals surface area contributed by atoms with E-state index in [-0.39, 0.29) is 34.5 Å². The van der Waals surface area contributed by atoms with Gasteiger partial charge in [0.15, 0.2) is 0 Å². The van der Waals surface area contributed by atoms with Gasteiger partial charge in [0.25, 0.3) is 0 Å². The Bertz CT molecular complexity index is 530. The Morgan fingerprint density at radius 3 is 2.59 bits per heavy atom. The standard InChI is InChI=1S/C9H12ClN3O3S/c10-7-2-1-6(17(12,15)16)5-8(7)13-9(14)3-4-11/h1-2,5H,3-4,11H2,(H,13,14)(H2,12,15,16). The van der Waals surface area contributed by atoms with E-state index in [4.69, 9.17) is 22.5 Å². The summed E-state index contributed by atoms with van der Waals surface area (Å²) in [5, 5.41) is 7.64. The third-order valence-corrected chi connectivity index (χ3v) is 3.15. The lowest BCUT2D eigenvalue weighted by Gasteiger charge is -2.08. The van der Waals surface area contributed by atoms with Gasteiger partial charge in [-0.05, 0) is 18.2 Å². The maximum atomic E-state index is 11.3. The molecule has 0 unspecified atom stereocenters. The molecule has 0 aliphatic heterocycles. The first kappa shape index (κ1) is 13.9. The topological polar surface area (TPSA) is 115 Å². The lowest BCUT2D eigenvalue weighted by molar-refractivity contribution is -0.116. The van der Waals surface area contributed by atoms with Gasteiger partial charge in [-0.3, -0.25) is 4.79 Å². The van der Waals surface area contributed by atoms with Crippen LogP contribution in [-0.4, -0.2) is 20.9 Å². The zero-order valence-corrected chi connectivity index (χ0v) is 10.4. The van der Waals surface area contributed by atoms with Gasteiger partial charge in [-0.1, -0.05) is 11.6 Å². The van der Waals surface area contributed by atoms with Crippen LogP contribution in [0.4, 0.5) is 5.69 Å². The Morgan fingerprint density at radius 2 is 2.06 bits per heavy atom. The zero-order chi connectivity index (χ0) is 13.1. The van der Waals surface area contributed by atoms with Crippen molar-refractivity contribution >= 4 is 33.2 Å². The minimum Gasteiger partial charge on any atom is -0.330 e. The molecule has 17 heavy (non-hydrogen) atoms. The lowest BCUT2D eigenvalue weighted by atomic mass is 10.3. The van der Waals surface area contributed by atoms with Gasteiger partial charge in [0, 0.05) is 13.0 Å². The van der Waals surface area contributed by atoms with Crippen molar-refractivity contribution in [1.82, 2.24) is 0 Å². The first-order valence-corrected chi connectivity index (χ1v) is 6.59. The molecule has 0 aliphatic carbocycles. The molecule has 0 fully saturated rings. The second-order valence-corrected chi connectivity index (χ2v) is 5.24. The van der Waals surface area contributed by atoms with Crippen molar-refractivity contribution in [3.63, 3.8) is 0 Å². The van der Waals surface area contributed by atoms with Crippen LogP contribution in [0.25, 0.3) is 0 Å². The SMILES string of the molecule is NCCC(=O)Nc1cc(S(N)(=O)=O)ccc1Cl. The fourth-order valence-corrected chi connectivity index (χ4v) is 1.83. The van der Waals surface area contributed by atoms with Crippen LogP contribution < -0.4 is 16.2 Å². The van der Waals surface area contributed by atoms with E-state index in [1.165, 1.54) is 18.2 Å². The van der Waals surface area contributed by atoms with Crippen molar-refractivity contribution < 1.29 is 13.2 Å². The third-order valence-electron chi connectivity index (χ3n) is 1.91. The number of rotatable bonds is 4. The predicted octanol–water partition coefficient (Wildman–Crippen LogP) is 0.275. The van der Waals surface area contributed by atoms with Crippen molar-refractivity contribution in [3.8, 4) is 0 Å². The molecule has 0 radical (unpaired) electrons. The lowest BCUT2D eigenvalue weighted by Crippen LogP contribution is -2.17. The minimum absolute atomic E-state index is 0.120. The molecule has 1 amide bonds. The molecule has 1 aromatic carbocycles. The number of nitrogens with one attached hydrogen (secondary N) is 1. The van der Waals surface area contributed by atoms with E-state index in [9.17, 15) is 13.2 Å². The highest BCUT2D eigenvalue weighted by Gasteiger charge is 2.12. The molecule has 0 aromatic heterocycles. The number of carbonyl (C=O) groups is 1. The highest BCUT2D eigenvalue weighted by molar-refractivity contribution is 7.89. The van der Waals surface area contributed by atoms with Crippen LogP contribution in [0, 0.1) is 0 Å². The number of carbonyl (C=O) groups excluding carboxylic acids is 1. The van der Waals surface area contributed by atoms with Gasteiger partial charge in [-0.15, -0.1) is 0 Å². The van der Waals surface area contributed by atoms with Gasteiger partial charge in [0.1, 0.15) is 0 Å². The number of nitrogens with two attached hydrogens (primary N) is 2. The first-order valence-electron chi connectivity index (χ1n) is 4.67. The number of hydrogen-bond donors (Lipinski definition) is 3. The Kier molecular flexibility index (Phi) is 4.47. The van der Waals surface area contributed by atoms with E-state index < -0.39 is 10.0 Å². The van der Waals surface area contributed by atoms with Crippen LogP contribution in [0.1, 0.15) is 6.42 Å². The number of amides is 1. The molecule has 0 saturated heterocycles. The average Bonchev–Trinajstić information content (AvgIpc) is 2.20. The second-order valence-electron chi connectivity index (χ2n) is 3.27. The fourth-order valence-electron chi connectivity index (χ4n) is 1.12. The Balaban J connectivity index is 3.03. The quantitative estimate of drug-likeness (QED) is 0.733.